The van der Waals surface area contributed by atoms with Crippen LogP contribution in [0.2, 0.25) is 0 Å². The van der Waals surface area contributed by atoms with Crippen LogP contribution in [0.4, 0.5) is 0 Å². The molecular formula is C18H34Br2ClNO4. The summed E-state index contributed by atoms with van der Waals surface area (Å²) in [7, 11) is 0. The van der Waals surface area contributed by atoms with Gasteiger partial charge in [0.15, 0.2) is 0 Å². The summed E-state index contributed by atoms with van der Waals surface area (Å²) in [5, 5.41) is 9.29. The number of carbonyl (C=O) groups is 2. The van der Waals surface area contributed by atoms with Crippen LogP contribution in [0.5, 0.6) is 0 Å². The Labute approximate surface area is 181 Å². The molecule has 0 fully saturated rings. The third-order valence-electron chi connectivity index (χ3n) is 2.48. The minimum Gasteiger partial charge on any atom is -0.463 e. The Hall–Kier alpha value is -0.210. The summed E-state index contributed by atoms with van der Waals surface area (Å²) in [6.07, 6.45) is 3.91. The fraction of sp³-hybridized carbons (Fsp3) is 0.667. The van der Waals surface area contributed by atoms with Gasteiger partial charge in [-0.3, -0.25) is 4.79 Å². The Morgan fingerprint density at radius 3 is 1.62 bits per heavy atom. The van der Waals surface area contributed by atoms with Crippen molar-refractivity contribution >= 4 is 54.7 Å². The van der Waals surface area contributed by atoms with E-state index in [4.69, 9.17) is 16.7 Å². The molecule has 0 aliphatic heterocycles. The molecule has 1 N–H and O–H groups in total. The highest BCUT2D eigenvalue weighted by molar-refractivity contribution is 9.09. The number of nitrogens with zero attached hydrogens (tertiary/aromatic N) is 1. The molecule has 8 heteroatoms. The van der Waals surface area contributed by atoms with Gasteiger partial charge in [-0.05, 0) is 50.2 Å². The van der Waals surface area contributed by atoms with Crippen LogP contribution in [0.25, 0.3) is 0 Å². The molecule has 0 spiro atoms. The minimum atomic E-state index is -0.509. The van der Waals surface area contributed by atoms with Gasteiger partial charge in [0, 0.05) is 23.3 Å². The molecule has 0 radical (unpaired) electrons. The molecule has 0 saturated heterocycles. The first-order valence-corrected chi connectivity index (χ1v) is 11.0. The SMILES string of the molecule is C=CC(=O)Cl.C=CC(=O)OCCCBr.CCN(CC)CC.OCCCBr. The standard InChI is InChI=1S/C6H9BrO2.C6H15N.C3H7BrO.C3H3ClO/c1-2-6(8)9-5-3-4-7;1-4-7(5-2)6-3;4-2-1-3-5;1-2-3(4)5/h2H,1,3-5H2;4-6H2,1-3H3;5H,1-3H2;2H,1H2. The molecule has 0 atom stereocenters. The van der Waals surface area contributed by atoms with Crippen LogP contribution in [0.1, 0.15) is 33.6 Å². The quantitative estimate of drug-likeness (QED) is 0.150. The number of rotatable bonds is 10. The highest BCUT2D eigenvalue weighted by atomic mass is 79.9. The van der Waals surface area contributed by atoms with Crippen LogP contribution in [-0.2, 0) is 14.3 Å². The van der Waals surface area contributed by atoms with Crippen LogP contribution in [0, 0.1) is 0 Å². The molecule has 0 aromatic heterocycles. The molecule has 0 heterocycles. The van der Waals surface area contributed by atoms with Gasteiger partial charge < -0.3 is 14.7 Å². The normalized spacial score (nSPS) is 8.62. The van der Waals surface area contributed by atoms with E-state index in [1.165, 1.54) is 19.6 Å². The number of aliphatic hydroxyl groups is 1. The Bertz CT molecular complexity index is 321. The third kappa shape index (κ3) is 43.8. The number of alkyl halides is 2. The van der Waals surface area contributed by atoms with Crippen LogP contribution in [0.3, 0.4) is 0 Å². The lowest BCUT2D eigenvalue weighted by molar-refractivity contribution is -0.137. The zero-order valence-corrected chi connectivity index (χ0v) is 20.1. The molecule has 5 nitrogen and oxygen atoms in total. The van der Waals surface area contributed by atoms with E-state index in [1.54, 1.807) is 0 Å². The second kappa shape index (κ2) is 32.5. The molecule has 0 aromatic carbocycles. The van der Waals surface area contributed by atoms with Gasteiger partial charge in [0.05, 0.1) is 6.61 Å². The fourth-order valence-electron chi connectivity index (χ4n) is 1.02. The number of aliphatic hydroxyl groups excluding tert-OH is 1. The zero-order valence-electron chi connectivity index (χ0n) is 16.2. The second-order valence-corrected chi connectivity index (χ2v) is 6.27. The number of hydrogen-bond acceptors (Lipinski definition) is 5. The van der Waals surface area contributed by atoms with Crippen molar-refractivity contribution in [2.24, 2.45) is 0 Å². The summed E-state index contributed by atoms with van der Waals surface area (Å²) < 4.78 is 4.64. The second-order valence-electron chi connectivity index (χ2n) is 4.31. The monoisotopic (exact) mass is 521 g/mol. The predicted octanol–water partition coefficient (Wildman–Crippen LogP) is 4.55. The fourth-order valence-corrected chi connectivity index (χ4v) is 1.50. The number of hydrogen-bond donors (Lipinski definition) is 1. The van der Waals surface area contributed by atoms with E-state index in [0.717, 1.165) is 35.7 Å². The van der Waals surface area contributed by atoms with Gasteiger partial charge in [-0.15, -0.1) is 0 Å². The van der Waals surface area contributed by atoms with Crippen molar-refractivity contribution in [2.45, 2.75) is 33.6 Å². The average molecular weight is 524 g/mol. The molecule has 0 aromatic rings. The topological polar surface area (TPSA) is 66.8 Å². The van der Waals surface area contributed by atoms with Crippen molar-refractivity contribution in [1.29, 1.82) is 0 Å². The molecule has 0 amide bonds. The maximum absolute atomic E-state index is 10.3. The van der Waals surface area contributed by atoms with E-state index in [2.05, 4.69) is 75.4 Å². The van der Waals surface area contributed by atoms with Crippen LogP contribution >= 0.6 is 43.5 Å². The van der Waals surface area contributed by atoms with Crippen LogP contribution < -0.4 is 0 Å². The van der Waals surface area contributed by atoms with E-state index < -0.39 is 5.24 Å². The molecule has 0 unspecified atom stereocenters. The van der Waals surface area contributed by atoms with E-state index in [9.17, 15) is 9.59 Å². The molecule has 0 rings (SSSR count). The van der Waals surface area contributed by atoms with E-state index in [1.807, 2.05) is 0 Å². The lowest BCUT2D eigenvalue weighted by Crippen LogP contribution is -2.21. The summed E-state index contributed by atoms with van der Waals surface area (Å²) in [4.78, 5) is 22.2. The van der Waals surface area contributed by atoms with Crippen molar-refractivity contribution in [3.05, 3.63) is 25.3 Å². The number of halogens is 3. The number of carbonyl (C=O) groups excluding carboxylic acids is 2. The zero-order chi connectivity index (χ0) is 21.2. The molecule has 26 heavy (non-hydrogen) atoms. The van der Waals surface area contributed by atoms with E-state index >= 15 is 0 Å². The Balaban J connectivity index is -0.000000128. The van der Waals surface area contributed by atoms with Gasteiger partial charge in [-0.1, -0.05) is 65.8 Å². The maximum atomic E-state index is 10.3. The first-order valence-electron chi connectivity index (χ1n) is 8.40. The lowest BCUT2D eigenvalue weighted by atomic mass is 10.5. The highest BCUT2D eigenvalue weighted by Gasteiger charge is 1.91. The Morgan fingerprint density at radius 2 is 1.46 bits per heavy atom. The first kappa shape index (κ1) is 33.4. The van der Waals surface area contributed by atoms with Crippen molar-refractivity contribution < 1.29 is 19.4 Å². The Kier molecular flexibility index (Phi) is 41.7. The summed E-state index contributed by atoms with van der Waals surface area (Å²) in [6, 6.07) is 0. The van der Waals surface area contributed by atoms with Gasteiger partial charge in [-0.25, -0.2) is 4.79 Å². The van der Waals surface area contributed by atoms with Gasteiger partial charge >= 0.3 is 5.97 Å². The van der Waals surface area contributed by atoms with Crippen LogP contribution in [0.15, 0.2) is 25.3 Å². The summed E-state index contributed by atoms with van der Waals surface area (Å²) in [5.74, 6) is -0.351. The molecule has 0 bridgehead atoms. The van der Waals surface area contributed by atoms with Crippen molar-refractivity contribution in [2.75, 3.05) is 43.5 Å². The van der Waals surface area contributed by atoms with Gasteiger partial charge in [0.1, 0.15) is 0 Å². The molecule has 0 aliphatic carbocycles. The average Bonchev–Trinajstić information content (AvgIpc) is 2.65. The summed E-state index contributed by atoms with van der Waals surface area (Å²) in [5.41, 5.74) is 0. The van der Waals surface area contributed by atoms with Gasteiger partial charge in [0.25, 0.3) is 0 Å². The molecule has 156 valence electrons. The molecule has 0 saturated carbocycles. The molecular weight excluding hydrogens is 489 g/mol. The third-order valence-corrected chi connectivity index (χ3v) is 3.76. The van der Waals surface area contributed by atoms with E-state index in [0.29, 0.717) is 13.2 Å². The smallest absolute Gasteiger partial charge is 0.330 e. The minimum absolute atomic E-state index is 0.297. The number of esters is 1. The largest absolute Gasteiger partial charge is 0.463 e. The number of allylic oxidation sites excluding steroid dienone is 1. The number of ether oxygens (including phenoxy) is 1. The summed E-state index contributed by atoms with van der Waals surface area (Å²) >= 11 is 11.1. The first-order chi connectivity index (χ1) is 12.3. The Morgan fingerprint density at radius 1 is 1.04 bits per heavy atom. The maximum Gasteiger partial charge on any atom is 0.330 e. The predicted molar refractivity (Wildman–Crippen MR) is 120 cm³/mol. The summed E-state index contributed by atoms with van der Waals surface area (Å²) in [6.45, 7) is 17.2. The molecule has 0 aliphatic rings. The van der Waals surface area contributed by atoms with Crippen molar-refractivity contribution in [3.8, 4) is 0 Å². The van der Waals surface area contributed by atoms with Gasteiger partial charge in [0.2, 0.25) is 5.24 Å². The highest BCUT2D eigenvalue weighted by Crippen LogP contribution is 1.89. The van der Waals surface area contributed by atoms with Crippen LogP contribution in [-0.4, -0.2) is 64.7 Å². The van der Waals surface area contributed by atoms with E-state index in [-0.39, 0.29) is 5.97 Å². The van der Waals surface area contributed by atoms with Crippen molar-refractivity contribution in [3.63, 3.8) is 0 Å². The van der Waals surface area contributed by atoms with Gasteiger partial charge in [-0.2, -0.15) is 0 Å². The lowest BCUT2D eigenvalue weighted by Gasteiger charge is -2.13. The van der Waals surface area contributed by atoms with Crippen molar-refractivity contribution in [1.82, 2.24) is 4.90 Å².